The molecule has 1 heterocycles. The number of hydrogen-bond acceptors (Lipinski definition) is 10. The highest BCUT2D eigenvalue weighted by Gasteiger charge is 2.87. The maximum Gasteiger partial charge on any atom is 0.338 e. The molecular formula is C31H41NO9. The Morgan fingerprint density at radius 1 is 1.07 bits per heavy atom. The van der Waals surface area contributed by atoms with Crippen molar-refractivity contribution in [3.8, 4) is 0 Å². The zero-order chi connectivity index (χ0) is 29.1. The molecule has 0 aromatic heterocycles. The number of piperidine rings is 1. The van der Waals surface area contributed by atoms with Gasteiger partial charge in [-0.15, -0.1) is 0 Å². The van der Waals surface area contributed by atoms with Gasteiger partial charge in [0.15, 0.2) is 5.78 Å². The van der Waals surface area contributed by atoms with Crippen molar-refractivity contribution < 1.29 is 43.5 Å². The number of ether oxygens (including phenoxy) is 5. The second-order valence-electron chi connectivity index (χ2n) is 13.4. The van der Waals surface area contributed by atoms with Gasteiger partial charge in [-0.3, -0.25) is 4.79 Å². The number of aliphatic hydroxyl groups excluding tert-OH is 1. The summed E-state index contributed by atoms with van der Waals surface area (Å²) in [7, 11) is 8.50. The molecule has 10 nitrogen and oxygen atoms in total. The van der Waals surface area contributed by atoms with Crippen molar-refractivity contribution in [2.45, 2.75) is 55.0 Å². The SMILES string of the molecule is COC[C@@]12CN(C)C3C4[C@H]5C(=O)[C@H](OC)[C@@]6(O)C[C@H]([C@@H]5[C@H]6OC(=O)c5ccccc5)C3([C@@H](OC)C[C@H]1O)[C@@H]2[C@H]4OC. The Balaban J connectivity index is 1.44. The zero-order valence-electron chi connectivity index (χ0n) is 24.3. The third-order valence-corrected chi connectivity index (χ3v) is 12.2. The predicted octanol–water partition coefficient (Wildman–Crippen LogP) is 0.781. The summed E-state index contributed by atoms with van der Waals surface area (Å²) < 4.78 is 30.5. The van der Waals surface area contributed by atoms with Crippen LogP contribution in [-0.2, 0) is 28.5 Å². The van der Waals surface area contributed by atoms with Crippen LogP contribution in [0.5, 0.6) is 0 Å². The lowest BCUT2D eigenvalue weighted by Gasteiger charge is -2.68. The quantitative estimate of drug-likeness (QED) is 0.454. The molecule has 1 aromatic carbocycles. The van der Waals surface area contributed by atoms with E-state index in [-0.39, 0.29) is 48.2 Å². The summed E-state index contributed by atoms with van der Waals surface area (Å²) >= 11 is 0. The summed E-state index contributed by atoms with van der Waals surface area (Å²) in [5, 5.41) is 24.2. The van der Waals surface area contributed by atoms with Crippen LogP contribution in [0.4, 0.5) is 0 Å². The highest BCUT2D eigenvalue weighted by molar-refractivity contribution is 5.92. The van der Waals surface area contributed by atoms with Gasteiger partial charge < -0.3 is 38.8 Å². The number of aliphatic hydroxyl groups is 2. The van der Waals surface area contributed by atoms with Gasteiger partial charge in [0.2, 0.25) is 0 Å². The highest BCUT2D eigenvalue weighted by atomic mass is 16.6. The first-order valence-corrected chi connectivity index (χ1v) is 14.6. The van der Waals surface area contributed by atoms with Gasteiger partial charge in [-0.1, -0.05) is 18.2 Å². The molecule has 7 rings (SSSR count). The minimum absolute atomic E-state index is 0.0986. The number of fused-ring (bicyclic) bond motifs is 2. The van der Waals surface area contributed by atoms with E-state index in [9.17, 15) is 19.8 Å². The van der Waals surface area contributed by atoms with Crippen molar-refractivity contribution >= 4 is 11.8 Å². The van der Waals surface area contributed by atoms with Crippen molar-refractivity contribution in [3.63, 3.8) is 0 Å². The summed E-state index contributed by atoms with van der Waals surface area (Å²) in [5.74, 6) is -2.44. The smallest absolute Gasteiger partial charge is 0.338 e. The Morgan fingerprint density at radius 3 is 2.44 bits per heavy atom. The van der Waals surface area contributed by atoms with Gasteiger partial charge in [0, 0.05) is 81.9 Å². The topological polar surface area (TPSA) is 124 Å². The normalized spacial score (nSPS) is 51.1. The first-order chi connectivity index (χ1) is 19.7. The molecule has 1 aliphatic heterocycles. The van der Waals surface area contributed by atoms with Crippen LogP contribution in [0.3, 0.4) is 0 Å². The number of hydrogen-bond donors (Lipinski definition) is 2. The van der Waals surface area contributed by atoms with Gasteiger partial charge in [0.25, 0.3) is 0 Å². The molecule has 14 atom stereocenters. The number of rotatable bonds is 7. The molecule has 0 amide bonds. The summed E-state index contributed by atoms with van der Waals surface area (Å²) in [4.78, 5) is 30.1. The molecule has 2 N–H and O–H groups in total. The van der Waals surface area contributed by atoms with Gasteiger partial charge in [-0.2, -0.15) is 0 Å². The van der Waals surface area contributed by atoms with E-state index in [0.717, 1.165) is 0 Å². The molecule has 1 spiro atoms. The first-order valence-electron chi connectivity index (χ1n) is 14.6. The number of ketones is 1. The van der Waals surface area contributed by atoms with Gasteiger partial charge in [-0.25, -0.2) is 4.79 Å². The molecule has 6 fully saturated rings. The van der Waals surface area contributed by atoms with Gasteiger partial charge in [0.05, 0.1) is 30.5 Å². The molecule has 7 bridgehead atoms. The number of methoxy groups -OCH3 is 4. The van der Waals surface area contributed by atoms with E-state index >= 15 is 0 Å². The van der Waals surface area contributed by atoms with E-state index in [0.29, 0.717) is 25.1 Å². The fourth-order valence-corrected chi connectivity index (χ4v) is 11.6. The summed E-state index contributed by atoms with van der Waals surface area (Å²) in [6.45, 7) is 0.919. The number of benzene rings is 1. The fourth-order valence-electron chi connectivity index (χ4n) is 11.6. The second-order valence-corrected chi connectivity index (χ2v) is 13.4. The average Bonchev–Trinajstić information content (AvgIpc) is 3.32. The van der Waals surface area contributed by atoms with Gasteiger partial charge >= 0.3 is 5.97 Å². The highest BCUT2D eigenvalue weighted by Crippen LogP contribution is 2.78. The standard InChI is InChI=1S/C31H41NO9/c1-32-13-29(14-37-2)17(33)11-18(38-3)31-16-12-30(36)26(41-28(35)15-9-7-6-8-10-15)19(16)20(22(34)27(30)40-5)21(25(31)32)23(39-4)24(29)31/h6-10,16-21,23-27,33,36H,11-14H2,1-5H3/t16-,17-,18+,19+,20+,21?,23+,24-,25?,26-,27+,29+,30-,31?/m1/s1. The van der Waals surface area contributed by atoms with Crippen LogP contribution in [0.15, 0.2) is 30.3 Å². The van der Waals surface area contributed by atoms with Crippen LogP contribution in [-0.4, -0.2) is 118 Å². The Hall–Kier alpha value is -1.92. The molecule has 41 heavy (non-hydrogen) atoms. The number of likely N-dealkylation sites (tertiary alicyclic amines) is 1. The van der Waals surface area contributed by atoms with Gasteiger partial charge in [0.1, 0.15) is 17.8 Å². The van der Waals surface area contributed by atoms with Crippen LogP contribution in [0.1, 0.15) is 23.2 Å². The number of esters is 1. The average molecular weight is 572 g/mol. The molecule has 0 radical (unpaired) electrons. The minimum Gasteiger partial charge on any atom is -0.455 e. The Labute approximate surface area is 240 Å². The maximum absolute atomic E-state index is 14.4. The van der Waals surface area contributed by atoms with E-state index in [2.05, 4.69) is 11.9 Å². The molecule has 5 saturated carbocycles. The largest absolute Gasteiger partial charge is 0.455 e. The van der Waals surface area contributed by atoms with Crippen molar-refractivity contribution in [3.05, 3.63) is 35.9 Å². The minimum atomic E-state index is -1.70. The second kappa shape index (κ2) is 9.29. The monoisotopic (exact) mass is 571 g/mol. The van der Waals surface area contributed by atoms with Crippen molar-refractivity contribution in [1.82, 2.24) is 4.90 Å². The predicted molar refractivity (Wildman–Crippen MR) is 144 cm³/mol. The van der Waals surface area contributed by atoms with Crippen LogP contribution >= 0.6 is 0 Å². The lowest BCUT2D eigenvalue weighted by Crippen LogP contribution is -2.76. The third kappa shape index (κ3) is 3.12. The van der Waals surface area contributed by atoms with Crippen molar-refractivity contribution in [1.29, 1.82) is 0 Å². The molecule has 6 aliphatic rings. The number of nitrogens with zero attached hydrogens (tertiary/aromatic N) is 1. The van der Waals surface area contributed by atoms with E-state index in [1.807, 2.05) is 6.07 Å². The summed E-state index contributed by atoms with van der Waals surface area (Å²) in [6.07, 6.45) is -2.91. The molecular weight excluding hydrogens is 530 g/mol. The van der Waals surface area contributed by atoms with E-state index < -0.39 is 52.5 Å². The van der Waals surface area contributed by atoms with Crippen LogP contribution in [0, 0.1) is 40.4 Å². The lowest BCUT2D eigenvalue weighted by atomic mass is 9.43. The van der Waals surface area contributed by atoms with Crippen LogP contribution in [0.25, 0.3) is 0 Å². The molecule has 1 aromatic rings. The summed E-state index contributed by atoms with van der Waals surface area (Å²) in [6, 6.07) is 8.62. The maximum atomic E-state index is 14.4. The molecule has 224 valence electrons. The van der Waals surface area contributed by atoms with Crippen molar-refractivity contribution in [2.75, 3.05) is 48.6 Å². The Kier molecular flexibility index (Phi) is 6.32. The lowest BCUT2D eigenvalue weighted by molar-refractivity contribution is -0.277. The Bertz CT molecular complexity index is 1230. The molecule has 1 saturated heterocycles. The Morgan fingerprint density at radius 2 is 1.80 bits per heavy atom. The first kappa shape index (κ1) is 27.9. The van der Waals surface area contributed by atoms with E-state index in [4.69, 9.17) is 23.7 Å². The van der Waals surface area contributed by atoms with Crippen LogP contribution < -0.4 is 0 Å². The van der Waals surface area contributed by atoms with E-state index in [1.165, 1.54) is 7.11 Å². The fraction of sp³-hybridized carbons (Fsp3) is 0.742. The number of carbonyl (C=O) groups is 2. The molecule has 3 unspecified atom stereocenters. The molecule has 10 heteroatoms. The number of Topliss-reactive ketones (excluding diaryl/α,β-unsaturated/α-hetero) is 1. The van der Waals surface area contributed by atoms with E-state index in [1.54, 1.807) is 45.6 Å². The van der Waals surface area contributed by atoms with Gasteiger partial charge in [-0.05, 0) is 31.5 Å². The number of carbonyl (C=O) groups excluding carboxylic acids is 2. The zero-order valence-corrected chi connectivity index (χ0v) is 24.3. The van der Waals surface area contributed by atoms with Crippen LogP contribution in [0.2, 0.25) is 0 Å². The van der Waals surface area contributed by atoms with Crippen molar-refractivity contribution in [2.24, 2.45) is 40.4 Å². The third-order valence-electron chi connectivity index (χ3n) is 12.2. The summed E-state index contributed by atoms with van der Waals surface area (Å²) in [5.41, 5.74) is -2.57. The molecule has 5 aliphatic carbocycles.